The number of carboxylic acids is 2. The third-order valence-corrected chi connectivity index (χ3v) is 4.66. The lowest BCUT2D eigenvalue weighted by molar-refractivity contribution is -0.159. The number of likely N-dealkylation sites (tertiary alicyclic amines) is 1. The van der Waals surface area contributed by atoms with Gasteiger partial charge in [-0.1, -0.05) is 35.9 Å². The molecule has 5 heteroatoms. The monoisotopic (exact) mass is 331 g/mol. The summed E-state index contributed by atoms with van der Waals surface area (Å²) in [7, 11) is 0. The summed E-state index contributed by atoms with van der Waals surface area (Å²) >= 11 is 0. The molecule has 0 saturated carbocycles. The van der Waals surface area contributed by atoms with E-state index in [1.807, 2.05) is 0 Å². The molecule has 0 amide bonds. The van der Waals surface area contributed by atoms with E-state index < -0.39 is 11.9 Å². The van der Waals surface area contributed by atoms with E-state index in [0.29, 0.717) is 6.04 Å². The third kappa shape index (κ3) is 4.45. The Morgan fingerprint density at radius 2 is 1.79 bits per heavy atom. The maximum atomic E-state index is 9.10. The van der Waals surface area contributed by atoms with Crippen molar-refractivity contribution in [2.75, 3.05) is 13.1 Å². The lowest BCUT2D eigenvalue weighted by Crippen LogP contribution is -2.28. The fourth-order valence-corrected chi connectivity index (χ4v) is 3.54. The van der Waals surface area contributed by atoms with Crippen molar-refractivity contribution in [2.45, 2.75) is 45.1 Å². The highest BCUT2D eigenvalue weighted by Crippen LogP contribution is 2.47. The highest BCUT2D eigenvalue weighted by molar-refractivity contribution is 6.27. The second-order valence-electron chi connectivity index (χ2n) is 6.61. The van der Waals surface area contributed by atoms with Crippen LogP contribution in [0.5, 0.6) is 0 Å². The zero-order chi connectivity index (χ0) is 17.7. The van der Waals surface area contributed by atoms with Gasteiger partial charge in [0.1, 0.15) is 0 Å². The molecule has 1 aromatic carbocycles. The molecule has 130 valence electrons. The summed E-state index contributed by atoms with van der Waals surface area (Å²) in [6.45, 7) is 6.78. The predicted octanol–water partition coefficient (Wildman–Crippen LogP) is 3.43. The quantitative estimate of drug-likeness (QED) is 0.641. The zero-order valence-electron chi connectivity index (χ0n) is 14.2. The summed E-state index contributed by atoms with van der Waals surface area (Å²) < 4.78 is 0. The van der Waals surface area contributed by atoms with Crippen LogP contribution in [0.15, 0.2) is 35.9 Å². The Bertz CT molecular complexity index is 622. The summed E-state index contributed by atoms with van der Waals surface area (Å²) in [6.07, 6.45) is 6.45. The van der Waals surface area contributed by atoms with Gasteiger partial charge in [-0.15, -0.1) is 0 Å². The summed E-state index contributed by atoms with van der Waals surface area (Å²) in [4.78, 5) is 20.9. The van der Waals surface area contributed by atoms with E-state index in [1.165, 1.54) is 31.4 Å². The number of allylic oxidation sites excluding steroid dienone is 1. The van der Waals surface area contributed by atoms with Crippen molar-refractivity contribution in [3.63, 3.8) is 0 Å². The summed E-state index contributed by atoms with van der Waals surface area (Å²) in [6, 6.07) is 9.78. The van der Waals surface area contributed by atoms with Gasteiger partial charge in [0.2, 0.25) is 0 Å². The number of carbonyl (C=O) groups is 2. The molecule has 0 aromatic heterocycles. The van der Waals surface area contributed by atoms with E-state index in [-0.39, 0.29) is 0 Å². The van der Waals surface area contributed by atoms with Crippen molar-refractivity contribution in [1.29, 1.82) is 0 Å². The first kappa shape index (κ1) is 18.2. The molecule has 1 aliphatic carbocycles. The molecular weight excluding hydrogens is 306 g/mol. The van der Waals surface area contributed by atoms with Crippen molar-refractivity contribution in [3.05, 3.63) is 47.0 Å². The molecule has 1 fully saturated rings. The molecule has 3 rings (SSSR count). The maximum Gasteiger partial charge on any atom is 0.414 e. The molecular formula is C19H25NO4. The molecule has 2 bridgehead atoms. The van der Waals surface area contributed by atoms with Gasteiger partial charge in [0.25, 0.3) is 0 Å². The van der Waals surface area contributed by atoms with Crippen LogP contribution in [-0.4, -0.2) is 40.1 Å². The third-order valence-electron chi connectivity index (χ3n) is 4.66. The lowest BCUT2D eigenvalue weighted by atomic mass is 9.96. The standard InChI is InChI=1S/C17H23N.C2H2O4/c1-13(2)9-11-18-10-5-6-14-12-17(18)16-8-4-3-7-15(14)16;3-1(4)2(5)6/h3-4,7-9,14,17H,5-6,10-12H2,1-2H3;(H,3,4)(H,5,6). The minimum Gasteiger partial charge on any atom is -0.473 e. The summed E-state index contributed by atoms with van der Waals surface area (Å²) in [5.41, 5.74) is 4.66. The second kappa shape index (κ2) is 8.11. The molecule has 2 aliphatic rings. The van der Waals surface area contributed by atoms with E-state index in [2.05, 4.69) is 49.1 Å². The van der Waals surface area contributed by atoms with Crippen LogP contribution in [0.25, 0.3) is 0 Å². The van der Waals surface area contributed by atoms with Crippen LogP contribution < -0.4 is 0 Å². The summed E-state index contributed by atoms with van der Waals surface area (Å²) in [5, 5.41) is 14.8. The second-order valence-corrected chi connectivity index (χ2v) is 6.61. The minimum atomic E-state index is -1.82. The van der Waals surface area contributed by atoms with Crippen LogP contribution in [0, 0.1) is 0 Å². The van der Waals surface area contributed by atoms with E-state index in [1.54, 1.807) is 11.1 Å². The van der Waals surface area contributed by atoms with Gasteiger partial charge in [0.05, 0.1) is 0 Å². The van der Waals surface area contributed by atoms with Crippen LogP contribution in [0.1, 0.15) is 56.2 Å². The number of hydrogen-bond donors (Lipinski definition) is 2. The molecule has 0 radical (unpaired) electrons. The van der Waals surface area contributed by atoms with Crippen molar-refractivity contribution in [2.24, 2.45) is 0 Å². The Kier molecular flexibility index (Phi) is 6.15. The van der Waals surface area contributed by atoms with Crippen molar-refractivity contribution in [1.82, 2.24) is 4.90 Å². The number of benzene rings is 1. The number of fused-ring (bicyclic) bond motifs is 5. The number of hydrogen-bond acceptors (Lipinski definition) is 3. The normalized spacial score (nSPS) is 21.8. The Morgan fingerprint density at radius 3 is 2.38 bits per heavy atom. The molecule has 2 atom stereocenters. The van der Waals surface area contributed by atoms with Gasteiger partial charge in [-0.25, -0.2) is 9.59 Å². The van der Waals surface area contributed by atoms with Crippen LogP contribution in [0.3, 0.4) is 0 Å². The Labute approximate surface area is 142 Å². The first-order valence-corrected chi connectivity index (χ1v) is 8.32. The van der Waals surface area contributed by atoms with Crippen molar-refractivity contribution >= 4 is 11.9 Å². The molecule has 1 heterocycles. The predicted molar refractivity (Wildman–Crippen MR) is 92.1 cm³/mol. The molecule has 24 heavy (non-hydrogen) atoms. The van der Waals surface area contributed by atoms with Crippen LogP contribution in [0.2, 0.25) is 0 Å². The molecule has 2 unspecified atom stereocenters. The fraction of sp³-hybridized carbons (Fsp3) is 0.474. The molecule has 5 nitrogen and oxygen atoms in total. The highest BCUT2D eigenvalue weighted by Gasteiger charge is 2.35. The van der Waals surface area contributed by atoms with Crippen LogP contribution in [0.4, 0.5) is 0 Å². The first-order valence-electron chi connectivity index (χ1n) is 8.32. The number of carboxylic acid groups (broad SMARTS) is 2. The molecule has 1 aliphatic heterocycles. The largest absolute Gasteiger partial charge is 0.473 e. The Hall–Kier alpha value is -2.14. The first-order chi connectivity index (χ1) is 11.4. The Balaban J connectivity index is 0.000000301. The van der Waals surface area contributed by atoms with Crippen LogP contribution >= 0.6 is 0 Å². The smallest absolute Gasteiger partial charge is 0.414 e. The van der Waals surface area contributed by atoms with Crippen LogP contribution in [-0.2, 0) is 9.59 Å². The fourth-order valence-electron chi connectivity index (χ4n) is 3.54. The maximum absolute atomic E-state index is 9.10. The van der Waals surface area contributed by atoms with E-state index in [0.717, 1.165) is 12.5 Å². The molecule has 1 saturated heterocycles. The highest BCUT2D eigenvalue weighted by atomic mass is 16.4. The van der Waals surface area contributed by atoms with Crippen molar-refractivity contribution in [3.8, 4) is 0 Å². The van der Waals surface area contributed by atoms with E-state index in [4.69, 9.17) is 19.8 Å². The van der Waals surface area contributed by atoms with E-state index >= 15 is 0 Å². The topological polar surface area (TPSA) is 77.8 Å². The van der Waals surface area contributed by atoms with Gasteiger partial charge in [0.15, 0.2) is 0 Å². The van der Waals surface area contributed by atoms with Gasteiger partial charge in [-0.3, -0.25) is 4.90 Å². The number of rotatable bonds is 2. The van der Waals surface area contributed by atoms with Gasteiger partial charge >= 0.3 is 11.9 Å². The van der Waals surface area contributed by atoms with Crippen molar-refractivity contribution < 1.29 is 19.8 Å². The minimum absolute atomic E-state index is 0.671. The lowest BCUT2D eigenvalue weighted by Gasteiger charge is -2.28. The molecule has 2 N–H and O–H groups in total. The van der Waals surface area contributed by atoms with E-state index in [9.17, 15) is 0 Å². The SMILES string of the molecule is CC(C)=CCN1CCCC2CC1c1ccccc12.O=C(O)C(=O)O. The average molecular weight is 331 g/mol. The number of nitrogens with zero attached hydrogens (tertiary/aromatic N) is 1. The average Bonchev–Trinajstić information content (AvgIpc) is 2.75. The number of aliphatic carboxylic acids is 2. The molecule has 0 spiro atoms. The van der Waals surface area contributed by atoms with Gasteiger partial charge in [0, 0.05) is 12.6 Å². The van der Waals surface area contributed by atoms with Gasteiger partial charge in [-0.05, 0) is 56.7 Å². The van der Waals surface area contributed by atoms with Gasteiger partial charge in [-0.2, -0.15) is 0 Å². The van der Waals surface area contributed by atoms with Gasteiger partial charge < -0.3 is 10.2 Å². The Morgan fingerprint density at radius 1 is 1.17 bits per heavy atom. The zero-order valence-corrected chi connectivity index (χ0v) is 14.2. The summed E-state index contributed by atoms with van der Waals surface area (Å²) in [5.74, 6) is -2.83. The molecule has 1 aromatic rings.